The van der Waals surface area contributed by atoms with E-state index >= 15 is 0 Å². The predicted molar refractivity (Wildman–Crippen MR) is 77.6 cm³/mol. The lowest BCUT2D eigenvalue weighted by atomic mass is 10.2. The molecule has 1 aromatic heterocycles. The molecule has 3 rings (SSSR count). The number of ether oxygens (including phenoxy) is 1. The van der Waals surface area contributed by atoms with Crippen LogP contribution in [0.5, 0.6) is 5.75 Å². The Morgan fingerprint density at radius 1 is 1.10 bits per heavy atom. The summed E-state index contributed by atoms with van der Waals surface area (Å²) < 4.78 is 5.83. The van der Waals surface area contributed by atoms with E-state index in [0.717, 1.165) is 22.2 Å². The maximum absolute atomic E-state index is 11.2. The van der Waals surface area contributed by atoms with Crippen molar-refractivity contribution in [3.8, 4) is 5.75 Å². The smallest absolute Gasteiger partial charge is 0.265 e. The zero-order valence-corrected chi connectivity index (χ0v) is 10.8. The number of nitrogens with one attached hydrogen (secondary N) is 1. The van der Waals surface area contributed by atoms with Gasteiger partial charge in [0.15, 0.2) is 0 Å². The van der Waals surface area contributed by atoms with E-state index in [2.05, 4.69) is 4.98 Å². The Bertz CT molecular complexity index is 748. The average molecular weight is 266 g/mol. The van der Waals surface area contributed by atoms with Crippen LogP contribution in [0.25, 0.3) is 10.9 Å². The largest absolute Gasteiger partial charge is 0.488 e. The van der Waals surface area contributed by atoms with Gasteiger partial charge in [0, 0.05) is 10.9 Å². The molecule has 0 aliphatic heterocycles. The Morgan fingerprint density at radius 3 is 2.65 bits per heavy atom. The lowest BCUT2D eigenvalue weighted by Crippen LogP contribution is -2.10. The van der Waals surface area contributed by atoms with E-state index in [4.69, 9.17) is 10.5 Å². The van der Waals surface area contributed by atoms with Gasteiger partial charge in [0.2, 0.25) is 0 Å². The maximum Gasteiger partial charge on any atom is 0.265 e. The monoisotopic (exact) mass is 266 g/mol. The van der Waals surface area contributed by atoms with Crippen molar-refractivity contribution in [1.29, 1.82) is 0 Å². The van der Waals surface area contributed by atoms with Crippen LogP contribution in [0.15, 0.2) is 54.6 Å². The first-order valence-corrected chi connectivity index (χ1v) is 6.32. The van der Waals surface area contributed by atoms with Crippen LogP contribution in [-0.4, -0.2) is 10.9 Å². The third-order valence-corrected chi connectivity index (χ3v) is 3.13. The number of fused-ring (bicyclic) bond motifs is 1. The SMILES string of the molecule is NC(=O)c1cc2c(OCc3ccccc3)cccc2[nH]1. The third kappa shape index (κ3) is 2.36. The summed E-state index contributed by atoms with van der Waals surface area (Å²) in [5, 5.41) is 0.859. The summed E-state index contributed by atoms with van der Waals surface area (Å²) in [7, 11) is 0. The summed E-state index contributed by atoms with van der Waals surface area (Å²) >= 11 is 0. The molecule has 0 unspecified atom stereocenters. The number of aromatic amines is 1. The van der Waals surface area contributed by atoms with Crippen molar-refractivity contribution in [2.24, 2.45) is 5.73 Å². The van der Waals surface area contributed by atoms with Gasteiger partial charge < -0.3 is 15.5 Å². The summed E-state index contributed by atoms with van der Waals surface area (Å²) in [6.07, 6.45) is 0. The minimum Gasteiger partial charge on any atom is -0.488 e. The maximum atomic E-state index is 11.2. The Balaban J connectivity index is 1.89. The summed E-state index contributed by atoms with van der Waals surface area (Å²) in [5.41, 5.74) is 7.60. The molecule has 0 saturated carbocycles. The first-order chi connectivity index (χ1) is 9.74. The highest BCUT2D eigenvalue weighted by Crippen LogP contribution is 2.27. The van der Waals surface area contributed by atoms with Crippen molar-refractivity contribution in [1.82, 2.24) is 4.98 Å². The molecule has 0 aliphatic carbocycles. The van der Waals surface area contributed by atoms with E-state index < -0.39 is 5.91 Å². The molecule has 4 heteroatoms. The molecule has 1 heterocycles. The second kappa shape index (κ2) is 5.09. The van der Waals surface area contributed by atoms with Crippen molar-refractivity contribution in [2.45, 2.75) is 6.61 Å². The molecule has 2 aromatic carbocycles. The molecule has 0 saturated heterocycles. The second-order valence-corrected chi connectivity index (χ2v) is 4.54. The topological polar surface area (TPSA) is 68.1 Å². The number of aromatic nitrogens is 1. The van der Waals surface area contributed by atoms with E-state index in [1.807, 2.05) is 48.5 Å². The Labute approximate surface area is 116 Å². The van der Waals surface area contributed by atoms with Crippen molar-refractivity contribution in [3.63, 3.8) is 0 Å². The molecule has 0 radical (unpaired) electrons. The quantitative estimate of drug-likeness (QED) is 0.762. The molecule has 0 bridgehead atoms. The van der Waals surface area contributed by atoms with Gasteiger partial charge in [-0.15, -0.1) is 0 Å². The van der Waals surface area contributed by atoms with Crippen LogP contribution in [0.3, 0.4) is 0 Å². The Morgan fingerprint density at radius 2 is 1.90 bits per heavy atom. The van der Waals surface area contributed by atoms with Crippen molar-refractivity contribution in [3.05, 3.63) is 65.9 Å². The number of carbonyl (C=O) groups is 1. The van der Waals surface area contributed by atoms with E-state index in [1.54, 1.807) is 6.07 Å². The molecule has 100 valence electrons. The second-order valence-electron chi connectivity index (χ2n) is 4.54. The number of benzene rings is 2. The summed E-state index contributed by atoms with van der Waals surface area (Å²) in [5.74, 6) is 0.255. The molecule has 3 aromatic rings. The van der Waals surface area contributed by atoms with E-state index in [-0.39, 0.29) is 0 Å². The van der Waals surface area contributed by atoms with E-state index in [0.29, 0.717) is 12.3 Å². The fourth-order valence-electron chi connectivity index (χ4n) is 2.12. The van der Waals surface area contributed by atoms with Crippen molar-refractivity contribution in [2.75, 3.05) is 0 Å². The van der Waals surface area contributed by atoms with Crippen molar-refractivity contribution < 1.29 is 9.53 Å². The van der Waals surface area contributed by atoms with Gasteiger partial charge in [0.1, 0.15) is 18.1 Å². The number of rotatable bonds is 4. The predicted octanol–water partition coefficient (Wildman–Crippen LogP) is 2.85. The molecule has 0 atom stereocenters. The van der Waals surface area contributed by atoms with Gasteiger partial charge in [0.25, 0.3) is 5.91 Å². The molecule has 0 aliphatic rings. The van der Waals surface area contributed by atoms with Crippen LogP contribution >= 0.6 is 0 Å². The van der Waals surface area contributed by atoms with Gasteiger partial charge in [-0.1, -0.05) is 36.4 Å². The molecule has 20 heavy (non-hydrogen) atoms. The molecule has 0 spiro atoms. The van der Waals surface area contributed by atoms with E-state index in [1.165, 1.54) is 0 Å². The van der Waals surface area contributed by atoms with Crippen LogP contribution in [0.2, 0.25) is 0 Å². The van der Waals surface area contributed by atoms with Crippen LogP contribution < -0.4 is 10.5 Å². The molecule has 1 amide bonds. The van der Waals surface area contributed by atoms with Gasteiger partial charge in [-0.2, -0.15) is 0 Å². The van der Waals surface area contributed by atoms with Gasteiger partial charge >= 0.3 is 0 Å². The molecular formula is C16H14N2O2. The Kier molecular flexibility index (Phi) is 3.13. The number of hydrogen-bond donors (Lipinski definition) is 2. The fourth-order valence-corrected chi connectivity index (χ4v) is 2.12. The Hall–Kier alpha value is -2.75. The van der Waals surface area contributed by atoms with Crippen LogP contribution in [0.4, 0.5) is 0 Å². The number of nitrogens with two attached hydrogens (primary N) is 1. The van der Waals surface area contributed by atoms with Crippen LogP contribution in [0, 0.1) is 0 Å². The summed E-state index contributed by atoms with van der Waals surface area (Å²) in [6.45, 7) is 0.483. The molecular weight excluding hydrogens is 252 g/mol. The van der Waals surface area contributed by atoms with Gasteiger partial charge in [0.05, 0.1) is 0 Å². The third-order valence-electron chi connectivity index (χ3n) is 3.13. The van der Waals surface area contributed by atoms with Crippen molar-refractivity contribution >= 4 is 16.8 Å². The number of primary amides is 1. The molecule has 0 fully saturated rings. The minimum atomic E-state index is -0.477. The zero-order chi connectivity index (χ0) is 13.9. The first kappa shape index (κ1) is 12.3. The minimum absolute atomic E-state index is 0.385. The highest BCUT2D eigenvalue weighted by Gasteiger charge is 2.09. The zero-order valence-electron chi connectivity index (χ0n) is 10.8. The number of carbonyl (C=O) groups excluding carboxylic acids is 1. The molecule has 3 N–H and O–H groups in total. The number of amides is 1. The first-order valence-electron chi connectivity index (χ1n) is 6.32. The average Bonchev–Trinajstić information content (AvgIpc) is 2.91. The number of H-pyrrole nitrogens is 1. The van der Waals surface area contributed by atoms with E-state index in [9.17, 15) is 4.79 Å². The van der Waals surface area contributed by atoms with Crippen LogP contribution in [0.1, 0.15) is 16.1 Å². The summed E-state index contributed by atoms with van der Waals surface area (Å²) in [6, 6.07) is 17.3. The number of hydrogen-bond acceptors (Lipinski definition) is 2. The highest BCUT2D eigenvalue weighted by molar-refractivity contribution is 5.98. The highest BCUT2D eigenvalue weighted by atomic mass is 16.5. The fraction of sp³-hybridized carbons (Fsp3) is 0.0625. The lowest BCUT2D eigenvalue weighted by molar-refractivity contribution is 0.0996. The normalized spacial score (nSPS) is 10.6. The van der Waals surface area contributed by atoms with Crippen LogP contribution in [-0.2, 0) is 6.61 Å². The summed E-state index contributed by atoms with van der Waals surface area (Å²) in [4.78, 5) is 14.2. The standard InChI is InChI=1S/C16H14N2O2/c17-16(19)14-9-12-13(18-14)7-4-8-15(12)20-10-11-5-2-1-3-6-11/h1-9,18H,10H2,(H2,17,19). The van der Waals surface area contributed by atoms with Gasteiger partial charge in [-0.05, 0) is 23.8 Å². The van der Waals surface area contributed by atoms with Gasteiger partial charge in [-0.3, -0.25) is 4.79 Å². The lowest BCUT2D eigenvalue weighted by Gasteiger charge is -2.07. The van der Waals surface area contributed by atoms with Gasteiger partial charge in [-0.25, -0.2) is 0 Å². The molecule has 4 nitrogen and oxygen atoms in total.